The molecule has 0 bridgehead atoms. The fourth-order valence-corrected chi connectivity index (χ4v) is 5.95. The van der Waals surface area contributed by atoms with Crippen molar-refractivity contribution < 1.29 is 0 Å². The van der Waals surface area contributed by atoms with Crippen LogP contribution in [0.25, 0.3) is 49.0 Å². The van der Waals surface area contributed by atoms with Crippen LogP contribution < -0.4 is 4.90 Å². The molecule has 0 aliphatic rings. The van der Waals surface area contributed by atoms with Gasteiger partial charge < -0.3 is 9.47 Å². The summed E-state index contributed by atoms with van der Waals surface area (Å²) in [6.45, 7) is 0. The Bertz CT molecular complexity index is 2030. The lowest BCUT2D eigenvalue weighted by Gasteiger charge is -2.26. The van der Waals surface area contributed by atoms with Crippen LogP contribution in [0.1, 0.15) is 0 Å². The Hall–Kier alpha value is -5.15. The molecule has 178 valence electrons. The smallest absolute Gasteiger partial charge is 0.0645 e. The van der Waals surface area contributed by atoms with Crippen LogP contribution in [-0.4, -0.2) is 9.55 Å². The first-order valence-corrected chi connectivity index (χ1v) is 12.9. The molecule has 0 N–H and O–H groups in total. The van der Waals surface area contributed by atoms with Crippen molar-refractivity contribution in [1.82, 2.24) is 9.55 Å². The molecule has 0 atom stereocenters. The van der Waals surface area contributed by atoms with Crippen LogP contribution in [0.5, 0.6) is 0 Å². The van der Waals surface area contributed by atoms with E-state index in [1.807, 2.05) is 18.5 Å². The molecule has 2 heterocycles. The SMILES string of the molecule is c1ccc(N(c2cccnc2)c2ccc3c4c2ccc2cccc(c24)n3-c2ccc3ccccc3c2)cc1. The summed E-state index contributed by atoms with van der Waals surface area (Å²) in [5.41, 5.74) is 6.89. The van der Waals surface area contributed by atoms with E-state index in [-0.39, 0.29) is 0 Å². The van der Waals surface area contributed by atoms with Gasteiger partial charge in [-0.1, -0.05) is 72.8 Å². The maximum absolute atomic E-state index is 4.44. The van der Waals surface area contributed by atoms with Crippen molar-refractivity contribution >= 4 is 60.4 Å². The summed E-state index contributed by atoms with van der Waals surface area (Å²) < 4.78 is 2.41. The molecule has 0 saturated heterocycles. The summed E-state index contributed by atoms with van der Waals surface area (Å²) in [4.78, 5) is 6.75. The largest absolute Gasteiger partial charge is 0.309 e. The number of nitrogens with zero attached hydrogens (tertiary/aromatic N) is 3. The highest BCUT2D eigenvalue weighted by Gasteiger charge is 2.22. The van der Waals surface area contributed by atoms with Gasteiger partial charge in [-0.25, -0.2) is 0 Å². The van der Waals surface area contributed by atoms with E-state index in [0.29, 0.717) is 0 Å². The van der Waals surface area contributed by atoms with Crippen molar-refractivity contribution in [3.63, 3.8) is 0 Å². The molecule has 0 spiro atoms. The molecule has 8 aromatic rings. The third-order valence-electron chi connectivity index (χ3n) is 7.59. The van der Waals surface area contributed by atoms with E-state index in [1.54, 1.807) is 0 Å². The van der Waals surface area contributed by atoms with Crippen LogP contribution in [0, 0.1) is 0 Å². The molecular formula is C35H23N3. The average molecular weight is 486 g/mol. The summed E-state index contributed by atoms with van der Waals surface area (Å²) in [5, 5.41) is 7.56. The van der Waals surface area contributed by atoms with Crippen LogP contribution in [0.4, 0.5) is 17.1 Å². The molecule has 38 heavy (non-hydrogen) atoms. The summed E-state index contributed by atoms with van der Waals surface area (Å²) >= 11 is 0. The van der Waals surface area contributed by atoms with Gasteiger partial charge in [-0.05, 0) is 70.8 Å². The van der Waals surface area contributed by atoms with Crippen molar-refractivity contribution in [1.29, 1.82) is 0 Å². The first kappa shape index (κ1) is 21.0. The van der Waals surface area contributed by atoms with Crippen molar-refractivity contribution in [2.75, 3.05) is 4.90 Å². The molecular weight excluding hydrogens is 462 g/mol. The minimum atomic E-state index is 1.03. The second-order valence-electron chi connectivity index (χ2n) is 9.72. The van der Waals surface area contributed by atoms with Crippen molar-refractivity contribution in [2.24, 2.45) is 0 Å². The van der Waals surface area contributed by atoms with Gasteiger partial charge in [-0.2, -0.15) is 0 Å². The maximum atomic E-state index is 4.44. The fraction of sp³-hybridized carbons (Fsp3) is 0. The van der Waals surface area contributed by atoms with E-state index in [0.717, 1.165) is 17.1 Å². The lowest BCUT2D eigenvalue weighted by atomic mass is 10.00. The summed E-state index contributed by atoms with van der Waals surface area (Å²) in [5.74, 6) is 0. The lowest BCUT2D eigenvalue weighted by Crippen LogP contribution is -2.10. The second kappa shape index (κ2) is 8.19. The third-order valence-corrected chi connectivity index (χ3v) is 7.59. The van der Waals surface area contributed by atoms with Gasteiger partial charge in [-0.15, -0.1) is 0 Å². The van der Waals surface area contributed by atoms with Gasteiger partial charge in [0.05, 0.1) is 28.6 Å². The van der Waals surface area contributed by atoms with E-state index in [1.165, 1.54) is 49.0 Å². The molecule has 0 unspecified atom stereocenters. The highest BCUT2D eigenvalue weighted by atomic mass is 15.1. The van der Waals surface area contributed by atoms with Crippen molar-refractivity contribution in [2.45, 2.75) is 0 Å². The molecule has 0 saturated carbocycles. The van der Waals surface area contributed by atoms with Crippen LogP contribution >= 0.6 is 0 Å². The number of hydrogen-bond donors (Lipinski definition) is 0. The van der Waals surface area contributed by atoms with Crippen molar-refractivity contribution in [3.8, 4) is 5.69 Å². The van der Waals surface area contributed by atoms with Crippen LogP contribution in [-0.2, 0) is 0 Å². The minimum Gasteiger partial charge on any atom is -0.309 e. The number of pyridine rings is 1. The zero-order chi connectivity index (χ0) is 25.1. The predicted octanol–water partition coefficient (Wildman–Crippen LogP) is 9.39. The van der Waals surface area contributed by atoms with Gasteiger partial charge in [0.25, 0.3) is 0 Å². The van der Waals surface area contributed by atoms with E-state index >= 15 is 0 Å². The molecule has 8 rings (SSSR count). The number of anilines is 3. The molecule has 0 aliphatic heterocycles. The van der Waals surface area contributed by atoms with Gasteiger partial charge in [0, 0.05) is 33.7 Å². The zero-order valence-corrected chi connectivity index (χ0v) is 20.6. The molecule has 0 radical (unpaired) electrons. The second-order valence-corrected chi connectivity index (χ2v) is 9.72. The standard InChI is InChI=1S/C35H23N3/c1-2-11-27(12-3-1)37(29-13-7-21-36-23-29)31-19-20-33-35-30(31)18-16-25-10-6-14-32(34(25)35)38(33)28-17-15-24-8-4-5-9-26(24)22-28/h1-23H. The average Bonchev–Trinajstić information content (AvgIpc) is 3.33. The van der Waals surface area contributed by atoms with E-state index in [2.05, 4.69) is 136 Å². The highest BCUT2D eigenvalue weighted by molar-refractivity contribution is 6.27. The molecule has 0 fully saturated rings. The summed E-state index contributed by atoms with van der Waals surface area (Å²) in [6.07, 6.45) is 3.75. The maximum Gasteiger partial charge on any atom is 0.0645 e. The first-order valence-electron chi connectivity index (χ1n) is 12.9. The third kappa shape index (κ3) is 3.06. The minimum absolute atomic E-state index is 1.03. The van der Waals surface area contributed by atoms with Crippen LogP contribution in [0.2, 0.25) is 0 Å². The zero-order valence-electron chi connectivity index (χ0n) is 20.6. The Labute approximate surface area is 220 Å². The summed E-state index contributed by atoms with van der Waals surface area (Å²) in [7, 11) is 0. The highest BCUT2D eigenvalue weighted by Crippen LogP contribution is 2.45. The van der Waals surface area contributed by atoms with Gasteiger partial charge in [0.15, 0.2) is 0 Å². The molecule has 0 amide bonds. The van der Waals surface area contributed by atoms with Crippen molar-refractivity contribution in [3.05, 3.63) is 140 Å². The Morgan fingerprint density at radius 3 is 2.16 bits per heavy atom. The van der Waals surface area contributed by atoms with Gasteiger partial charge >= 0.3 is 0 Å². The Kier molecular flexibility index (Phi) is 4.52. The first-order chi connectivity index (χ1) is 18.9. The number of para-hydroxylation sites is 1. The Morgan fingerprint density at radius 1 is 0.526 bits per heavy atom. The Morgan fingerprint density at radius 2 is 1.29 bits per heavy atom. The monoisotopic (exact) mass is 485 g/mol. The van der Waals surface area contributed by atoms with E-state index in [4.69, 9.17) is 0 Å². The molecule has 3 nitrogen and oxygen atoms in total. The number of fused-ring (bicyclic) bond motifs is 1. The molecule has 6 aromatic carbocycles. The van der Waals surface area contributed by atoms with Gasteiger partial charge in [-0.3, -0.25) is 4.98 Å². The normalized spacial score (nSPS) is 11.7. The molecule has 2 aromatic heterocycles. The van der Waals surface area contributed by atoms with Gasteiger partial charge in [0.1, 0.15) is 0 Å². The number of benzene rings is 6. The van der Waals surface area contributed by atoms with Crippen LogP contribution in [0.3, 0.4) is 0 Å². The van der Waals surface area contributed by atoms with Gasteiger partial charge in [0.2, 0.25) is 0 Å². The predicted molar refractivity (Wildman–Crippen MR) is 159 cm³/mol. The lowest BCUT2D eigenvalue weighted by molar-refractivity contribution is 1.18. The van der Waals surface area contributed by atoms with Crippen LogP contribution in [0.15, 0.2) is 140 Å². The molecule has 3 heteroatoms. The van der Waals surface area contributed by atoms with E-state index in [9.17, 15) is 0 Å². The number of rotatable bonds is 4. The molecule has 0 aliphatic carbocycles. The van der Waals surface area contributed by atoms with E-state index < -0.39 is 0 Å². The Balaban J connectivity index is 1.46. The quantitative estimate of drug-likeness (QED) is 0.232. The summed E-state index contributed by atoms with van der Waals surface area (Å²) in [6, 6.07) is 45.6. The number of hydrogen-bond acceptors (Lipinski definition) is 2. The topological polar surface area (TPSA) is 21.1 Å². The fourth-order valence-electron chi connectivity index (χ4n) is 5.95. The number of aromatic nitrogens is 2.